The lowest BCUT2D eigenvalue weighted by molar-refractivity contribution is -0.723. The Morgan fingerprint density at radius 1 is 0.826 bits per heavy atom. The molecule has 0 aliphatic heterocycles. The lowest BCUT2D eigenvalue weighted by Crippen LogP contribution is -2.39. The summed E-state index contributed by atoms with van der Waals surface area (Å²) in [6.45, 7) is 9.17. The predicted octanol–water partition coefficient (Wildman–Crippen LogP) is 6.69. The zero-order chi connectivity index (χ0) is 16.9. The fraction of sp³-hybridized carbons (Fsp3) is 0.857. The first-order valence-corrected chi connectivity index (χ1v) is 10.3. The molecule has 0 radical (unpaired) electrons. The number of rotatable bonds is 14. The molecule has 1 rings (SSSR count). The van der Waals surface area contributed by atoms with Gasteiger partial charge < -0.3 is 0 Å². The molecule has 2 heteroatoms. The summed E-state index contributed by atoms with van der Waals surface area (Å²) in [5.74, 6) is 2.18. The Kier molecular flexibility index (Phi) is 11.1. The van der Waals surface area contributed by atoms with Gasteiger partial charge in [0.05, 0.1) is 12.0 Å². The maximum Gasteiger partial charge on any atom is 0.257 e. The van der Waals surface area contributed by atoms with Crippen LogP contribution in [0.15, 0.2) is 12.4 Å². The predicted molar refractivity (Wildman–Crippen MR) is 101 cm³/mol. The van der Waals surface area contributed by atoms with Crippen LogP contribution in [0.1, 0.15) is 123 Å². The number of hydrogen-bond donors (Lipinski definition) is 1. The van der Waals surface area contributed by atoms with Crippen LogP contribution in [0.25, 0.3) is 0 Å². The minimum absolute atomic E-state index is 0.555. The second kappa shape index (κ2) is 12.6. The molecule has 0 unspecified atom stereocenters. The second-order valence-electron chi connectivity index (χ2n) is 7.45. The van der Waals surface area contributed by atoms with Gasteiger partial charge in [0.2, 0.25) is 0 Å². The molecule has 0 aliphatic carbocycles. The van der Waals surface area contributed by atoms with E-state index in [9.17, 15) is 0 Å². The van der Waals surface area contributed by atoms with Gasteiger partial charge in [0.25, 0.3) is 5.82 Å². The summed E-state index contributed by atoms with van der Waals surface area (Å²) in [5, 5.41) is 0. The van der Waals surface area contributed by atoms with Crippen molar-refractivity contribution >= 4 is 0 Å². The molecule has 0 aromatic carbocycles. The zero-order valence-electron chi connectivity index (χ0n) is 16.2. The number of nitrogens with zero attached hydrogens (tertiary/aromatic N) is 1. The number of imidazole rings is 1. The van der Waals surface area contributed by atoms with E-state index in [0.717, 1.165) is 5.92 Å². The normalized spacial score (nSPS) is 12.9. The lowest BCUT2D eigenvalue weighted by atomic mass is 9.93. The molecule has 1 N–H and O–H groups in total. The van der Waals surface area contributed by atoms with E-state index >= 15 is 0 Å². The third-order valence-electron chi connectivity index (χ3n) is 5.00. The van der Waals surface area contributed by atoms with Crippen LogP contribution >= 0.6 is 0 Å². The third kappa shape index (κ3) is 8.04. The average molecular weight is 322 g/mol. The molecule has 0 amide bonds. The van der Waals surface area contributed by atoms with Crippen LogP contribution in [0.2, 0.25) is 0 Å². The Morgan fingerprint density at radius 2 is 1.35 bits per heavy atom. The van der Waals surface area contributed by atoms with Gasteiger partial charge in [-0.25, -0.2) is 9.55 Å². The minimum Gasteiger partial charge on any atom is -0.247 e. The number of unbranched alkanes of at least 4 members (excludes halogenated alkanes) is 8. The summed E-state index contributed by atoms with van der Waals surface area (Å²) < 4.78 is 2.45. The van der Waals surface area contributed by atoms with Gasteiger partial charge in [-0.1, -0.05) is 78.1 Å². The number of nitrogens with one attached hydrogen (secondary N) is 1. The van der Waals surface area contributed by atoms with Crippen LogP contribution in [0, 0.1) is 0 Å². The second-order valence-corrected chi connectivity index (χ2v) is 7.45. The van der Waals surface area contributed by atoms with Crippen molar-refractivity contribution in [1.82, 2.24) is 4.98 Å². The number of aromatic amines is 1. The Hall–Kier alpha value is -0.790. The Bertz CT molecular complexity index is 381. The van der Waals surface area contributed by atoms with Gasteiger partial charge in [0.15, 0.2) is 0 Å². The molecule has 0 spiro atoms. The molecule has 0 saturated heterocycles. The molecule has 1 heterocycles. The molecule has 0 saturated carbocycles. The Labute approximate surface area is 145 Å². The van der Waals surface area contributed by atoms with Crippen molar-refractivity contribution in [2.24, 2.45) is 0 Å². The van der Waals surface area contributed by atoms with Gasteiger partial charge in [-0.3, -0.25) is 0 Å². The van der Waals surface area contributed by atoms with E-state index in [0.29, 0.717) is 6.04 Å². The first-order valence-electron chi connectivity index (χ1n) is 10.3. The average Bonchev–Trinajstić information content (AvgIpc) is 3.02. The van der Waals surface area contributed by atoms with Crippen molar-refractivity contribution in [3.05, 3.63) is 18.2 Å². The van der Waals surface area contributed by atoms with Crippen LogP contribution in [-0.2, 0) is 0 Å². The highest BCUT2D eigenvalue weighted by molar-refractivity contribution is 4.90. The summed E-state index contributed by atoms with van der Waals surface area (Å²) in [7, 11) is 0. The van der Waals surface area contributed by atoms with Crippen LogP contribution in [0.4, 0.5) is 0 Å². The summed E-state index contributed by atoms with van der Waals surface area (Å²) in [5.41, 5.74) is 0. The van der Waals surface area contributed by atoms with E-state index in [-0.39, 0.29) is 0 Å². The van der Waals surface area contributed by atoms with Gasteiger partial charge >= 0.3 is 0 Å². The van der Waals surface area contributed by atoms with Gasteiger partial charge in [-0.05, 0) is 26.7 Å². The van der Waals surface area contributed by atoms with Crippen molar-refractivity contribution in [3.8, 4) is 0 Å². The SMILES string of the molecule is CCCCCCCC[C@H](CCCCCC)c1[nH]cc[n+]1C(C)C. The molecule has 0 bridgehead atoms. The number of H-pyrrole nitrogens is 1. The van der Waals surface area contributed by atoms with E-state index in [1.54, 1.807) is 0 Å². The van der Waals surface area contributed by atoms with E-state index < -0.39 is 0 Å². The molecular formula is C21H41N2+. The van der Waals surface area contributed by atoms with Crippen LogP contribution in [-0.4, -0.2) is 4.98 Å². The summed E-state index contributed by atoms with van der Waals surface area (Å²) in [4.78, 5) is 3.55. The van der Waals surface area contributed by atoms with Crippen molar-refractivity contribution in [3.63, 3.8) is 0 Å². The summed E-state index contributed by atoms with van der Waals surface area (Å²) >= 11 is 0. The highest BCUT2D eigenvalue weighted by atomic mass is 15.1. The van der Waals surface area contributed by atoms with Gasteiger partial charge in [0, 0.05) is 0 Å². The Balaban J connectivity index is 2.49. The molecule has 1 aromatic rings. The number of hydrogen-bond acceptors (Lipinski definition) is 0. The van der Waals surface area contributed by atoms with Gasteiger partial charge in [-0.15, -0.1) is 0 Å². The summed E-state index contributed by atoms with van der Waals surface area (Å²) in [6.07, 6.45) is 20.9. The van der Waals surface area contributed by atoms with E-state index in [4.69, 9.17) is 0 Å². The van der Waals surface area contributed by atoms with E-state index in [1.807, 2.05) is 0 Å². The fourth-order valence-corrected chi connectivity index (χ4v) is 3.54. The monoisotopic (exact) mass is 321 g/mol. The molecule has 0 fully saturated rings. The number of aromatic nitrogens is 2. The zero-order valence-corrected chi connectivity index (χ0v) is 16.2. The van der Waals surface area contributed by atoms with Gasteiger partial charge in [-0.2, -0.15) is 0 Å². The smallest absolute Gasteiger partial charge is 0.247 e. The van der Waals surface area contributed by atoms with E-state index in [1.165, 1.54) is 82.9 Å². The van der Waals surface area contributed by atoms with Crippen LogP contribution in [0.5, 0.6) is 0 Å². The van der Waals surface area contributed by atoms with Crippen molar-refractivity contribution in [2.45, 2.75) is 117 Å². The van der Waals surface area contributed by atoms with Crippen molar-refractivity contribution < 1.29 is 4.57 Å². The summed E-state index contributed by atoms with van der Waals surface area (Å²) in [6, 6.07) is 0.555. The molecule has 0 aliphatic rings. The molecule has 1 aromatic heterocycles. The third-order valence-corrected chi connectivity index (χ3v) is 5.00. The van der Waals surface area contributed by atoms with Crippen molar-refractivity contribution in [2.75, 3.05) is 0 Å². The maximum absolute atomic E-state index is 3.55. The van der Waals surface area contributed by atoms with Crippen LogP contribution < -0.4 is 4.57 Å². The van der Waals surface area contributed by atoms with E-state index in [2.05, 4.69) is 49.6 Å². The topological polar surface area (TPSA) is 19.7 Å². The van der Waals surface area contributed by atoms with Gasteiger partial charge in [0.1, 0.15) is 12.4 Å². The maximum atomic E-state index is 3.55. The molecule has 134 valence electrons. The quantitative estimate of drug-likeness (QED) is 0.291. The molecule has 2 nitrogen and oxygen atoms in total. The lowest BCUT2D eigenvalue weighted by Gasteiger charge is -2.15. The highest BCUT2D eigenvalue weighted by Gasteiger charge is 2.23. The van der Waals surface area contributed by atoms with Crippen LogP contribution in [0.3, 0.4) is 0 Å². The standard InChI is InChI=1S/C21H40N2/c1-5-7-9-11-12-14-16-20(15-13-10-8-6-2)21-22-17-18-23(21)19(3)4/h17-20H,5-16H2,1-4H3/p+1/t20-/m0/s1. The van der Waals surface area contributed by atoms with Crippen molar-refractivity contribution in [1.29, 1.82) is 0 Å². The minimum atomic E-state index is 0.555. The fourth-order valence-electron chi connectivity index (χ4n) is 3.54. The largest absolute Gasteiger partial charge is 0.257 e. The first kappa shape index (κ1) is 20.3. The molecule has 23 heavy (non-hydrogen) atoms. The highest BCUT2D eigenvalue weighted by Crippen LogP contribution is 2.26. The first-order chi connectivity index (χ1) is 11.2. The molecular weight excluding hydrogens is 280 g/mol. The Morgan fingerprint density at radius 3 is 1.91 bits per heavy atom. The molecule has 1 atom stereocenters.